The fourth-order valence-electron chi connectivity index (χ4n) is 2.78. The fraction of sp³-hybridized carbons (Fsp3) is 0.765. The Balaban J connectivity index is 2.54. The topological polar surface area (TPSA) is 6.48 Å². The van der Waals surface area contributed by atoms with Crippen LogP contribution in [0.4, 0.5) is 5.69 Å². The summed E-state index contributed by atoms with van der Waals surface area (Å²) in [6, 6.07) is 0. The molecule has 0 amide bonds. The molecule has 120 valence electrons. The zero-order valence-corrected chi connectivity index (χ0v) is 16.1. The molecule has 0 aromatic heterocycles. The van der Waals surface area contributed by atoms with Gasteiger partial charge in [0.1, 0.15) is 0 Å². The van der Waals surface area contributed by atoms with Gasteiger partial charge in [-0.3, -0.25) is 0 Å². The highest BCUT2D eigenvalue weighted by Crippen LogP contribution is 2.39. The second kappa shape index (κ2) is 7.80. The molecule has 21 heavy (non-hydrogen) atoms. The second-order valence-electron chi connectivity index (χ2n) is 7.06. The normalized spacial score (nSPS) is 12.3. The SMILES string of the molecule is CCCN(C)CCCCN(C)c1c(C(C)(C)C)c(=S)c1=S. The first kappa shape index (κ1) is 18.7. The van der Waals surface area contributed by atoms with Crippen molar-refractivity contribution in [2.24, 2.45) is 0 Å². The van der Waals surface area contributed by atoms with Gasteiger partial charge in [0, 0.05) is 19.2 Å². The minimum absolute atomic E-state index is 0.0876. The first-order valence-corrected chi connectivity index (χ1v) is 8.75. The van der Waals surface area contributed by atoms with Crippen LogP contribution in [0.25, 0.3) is 0 Å². The Kier molecular flexibility index (Phi) is 6.95. The van der Waals surface area contributed by atoms with Gasteiger partial charge in [-0.1, -0.05) is 52.1 Å². The van der Waals surface area contributed by atoms with Crippen molar-refractivity contribution in [3.05, 3.63) is 14.6 Å². The molecule has 0 fully saturated rings. The maximum atomic E-state index is 5.46. The molecule has 0 spiro atoms. The van der Waals surface area contributed by atoms with Gasteiger partial charge in [0.15, 0.2) is 0 Å². The summed E-state index contributed by atoms with van der Waals surface area (Å²) in [5.41, 5.74) is 2.57. The van der Waals surface area contributed by atoms with E-state index in [9.17, 15) is 0 Å². The van der Waals surface area contributed by atoms with Crippen LogP contribution in [0.3, 0.4) is 0 Å². The minimum atomic E-state index is 0.0876. The Labute approximate surface area is 140 Å². The van der Waals surface area contributed by atoms with Crippen LogP contribution in [0, 0.1) is 9.02 Å². The minimum Gasteiger partial charge on any atom is -0.373 e. The molecule has 0 saturated heterocycles. The molecular formula is C17H30N2S2. The first-order chi connectivity index (χ1) is 9.70. The van der Waals surface area contributed by atoms with Crippen molar-refractivity contribution in [3.8, 4) is 0 Å². The van der Waals surface area contributed by atoms with Crippen molar-refractivity contribution >= 4 is 30.1 Å². The molecule has 4 heteroatoms. The van der Waals surface area contributed by atoms with Crippen molar-refractivity contribution in [1.82, 2.24) is 4.90 Å². The van der Waals surface area contributed by atoms with Gasteiger partial charge in [0.2, 0.25) is 0 Å². The molecule has 1 rings (SSSR count). The van der Waals surface area contributed by atoms with Gasteiger partial charge in [-0.05, 0) is 44.8 Å². The van der Waals surface area contributed by atoms with Crippen LogP contribution in [0.5, 0.6) is 0 Å². The Morgan fingerprint density at radius 3 is 2.00 bits per heavy atom. The third-order valence-corrected chi connectivity index (χ3v) is 4.84. The number of unbranched alkanes of at least 4 members (excludes halogenated alkanes) is 1. The maximum Gasteiger partial charge on any atom is 0.0798 e. The molecule has 0 aliphatic carbocycles. The Hall–Kier alpha value is -0.320. The number of anilines is 1. The summed E-state index contributed by atoms with van der Waals surface area (Å²) in [5.74, 6) is 0. The molecule has 0 atom stereocenters. The quantitative estimate of drug-likeness (QED) is 0.496. The van der Waals surface area contributed by atoms with Gasteiger partial charge in [0.25, 0.3) is 0 Å². The average molecular weight is 327 g/mol. The molecule has 0 bridgehead atoms. The largest absolute Gasteiger partial charge is 0.373 e. The number of nitrogens with zero attached hydrogens (tertiary/aromatic N) is 2. The smallest absolute Gasteiger partial charge is 0.0798 e. The van der Waals surface area contributed by atoms with E-state index in [1.807, 2.05) is 0 Å². The Morgan fingerprint density at radius 1 is 0.905 bits per heavy atom. The Bertz CT molecular complexity index is 521. The molecule has 0 radical (unpaired) electrons. The van der Waals surface area contributed by atoms with E-state index < -0.39 is 0 Å². The molecule has 0 aliphatic rings. The summed E-state index contributed by atoms with van der Waals surface area (Å²) >= 11 is 10.9. The summed E-state index contributed by atoms with van der Waals surface area (Å²) < 4.78 is 1.79. The first-order valence-electron chi connectivity index (χ1n) is 7.93. The third-order valence-electron chi connectivity index (χ3n) is 3.91. The van der Waals surface area contributed by atoms with Crippen molar-refractivity contribution < 1.29 is 0 Å². The lowest BCUT2D eigenvalue weighted by Crippen LogP contribution is -2.28. The van der Waals surface area contributed by atoms with Crippen LogP contribution in [0.2, 0.25) is 0 Å². The summed E-state index contributed by atoms with van der Waals surface area (Å²) in [6.07, 6.45) is 3.65. The lowest BCUT2D eigenvalue weighted by molar-refractivity contribution is 0.327. The zero-order chi connectivity index (χ0) is 16.2. The summed E-state index contributed by atoms with van der Waals surface area (Å²) in [7, 11) is 4.35. The monoisotopic (exact) mass is 326 g/mol. The summed E-state index contributed by atoms with van der Waals surface area (Å²) in [5, 5.41) is 0. The second-order valence-corrected chi connectivity index (χ2v) is 7.88. The van der Waals surface area contributed by atoms with Gasteiger partial charge in [-0.25, -0.2) is 0 Å². The molecule has 2 nitrogen and oxygen atoms in total. The standard InChI is InChI=1S/C17H30N2S2/c1-7-10-18(5)11-8-9-12-19(6)14-13(17(2,3)4)15(20)16(14)21/h7-12H2,1-6H3. The van der Waals surface area contributed by atoms with Crippen LogP contribution >= 0.6 is 24.4 Å². The lowest BCUT2D eigenvalue weighted by Gasteiger charge is -2.32. The fourth-order valence-corrected chi connectivity index (χ4v) is 3.64. The van der Waals surface area contributed by atoms with Gasteiger partial charge in [-0.15, -0.1) is 0 Å². The van der Waals surface area contributed by atoms with E-state index in [0.717, 1.165) is 15.6 Å². The number of rotatable bonds is 8. The van der Waals surface area contributed by atoms with E-state index in [2.05, 4.69) is 51.6 Å². The van der Waals surface area contributed by atoms with Crippen LogP contribution in [0.1, 0.15) is 52.5 Å². The summed E-state index contributed by atoms with van der Waals surface area (Å²) in [4.78, 5) is 4.71. The molecular weight excluding hydrogens is 296 g/mol. The molecule has 1 aromatic rings. The lowest BCUT2D eigenvalue weighted by atomic mass is 9.83. The third kappa shape index (κ3) is 4.83. The Morgan fingerprint density at radius 2 is 1.48 bits per heavy atom. The van der Waals surface area contributed by atoms with Gasteiger partial charge >= 0.3 is 0 Å². The predicted octanol–water partition coefficient (Wildman–Crippen LogP) is 4.88. The molecule has 0 saturated carbocycles. The highest BCUT2D eigenvalue weighted by molar-refractivity contribution is 7.74. The number of hydrogen-bond donors (Lipinski definition) is 0. The molecule has 0 aliphatic heterocycles. The van der Waals surface area contributed by atoms with Crippen LogP contribution in [0.15, 0.2) is 0 Å². The zero-order valence-electron chi connectivity index (χ0n) is 14.5. The highest BCUT2D eigenvalue weighted by atomic mass is 32.1. The molecule has 1 aromatic carbocycles. The van der Waals surface area contributed by atoms with E-state index in [1.165, 1.54) is 43.6 Å². The van der Waals surface area contributed by atoms with Crippen molar-refractivity contribution in [1.29, 1.82) is 0 Å². The maximum absolute atomic E-state index is 5.46. The van der Waals surface area contributed by atoms with Gasteiger partial charge < -0.3 is 9.80 Å². The highest BCUT2D eigenvalue weighted by Gasteiger charge is 2.27. The van der Waals surface area contributed by atoms with Gasteiger partial charge in [0.05, 0.1) is 14.7 Å². The van der Waals surface area contributed by atoms with Crippen molar-refractivity contribution in [2.45, 2.75) is 52.4 Å². The van der Waals surface area contributed by atoms with Crippen LogP contribution in [-0.2, 0) is 5.41 Å². The summed E-state index contributed by atoms with van der Waals surface area (Å²) in [6.45, 7) is 12.3. The van der Waals surface area contributed by atoms with Crippen molar-refractivity contribution in [3.63, 3.8) is 0 Å². The van der Waals surface area contributed by atoms with Crippen LogP contribution < -0.4 is 4.90 Å². The molecule has 0 heterocycles. The average Bonchev–Trinajstić information content (AvgIpc) is 2.38. The molecule has 0 unspecified atom stereocenters. The van der Waals surface area contributed by atoms with E-state index in [4.69, 9.17) is 24.4 Å². The van der Waals surface area contributed by atoms with Crippen LogP contribution in [-0.4, -0.2) is 38.6 Å². The van der Waals surface area contributed by atoms with Crippen molar-refractivity contribution in [2.75, 3.05) is 38.6 Å². The van der Waals surface area contributed by atoms with Gasteiger partial charge in [-0.2, -0.15) is 0 Å². The molecule has 0 N–H and O–H groups in total. The van der Waals surface area contributed by atoms with E-state index in [1.54, 1.807) is 0 Å². The predicted molar refractivity (Wildman–Crippen MR) is 99.5 cm³/mol. The van der Waals surface area contributed by atoms with E-state index in [-0.39, 0.29) is 5.41 Å². The van der Waals surface area contributed by atoms with E-state index in [0.29, 0.717) is 0 Å². The number of hydrogen-bond acceptors (Lipinski definition) is 4. The van der Waals surface area contributed by atoms with E-state index >= 15 is 0 Å².